The molecule has 0 aromatic carbocycles. The van der Waals surface area contributed by atoms with Crippen LogP contribution in [0, 0.1) is 0 Å². The molecule has 0 unspecified atom stereocenters. The lowest BCUT2D eigenvalue weighted by atomic mass is 9.99. The van der Waals surface area contributed by atoms with E-state index in [1.807, 2.05) is 27.7 Å². The van der Waals surface area contributed by atoms with E-state index in [-0.39, 0.29) is 13.2 Å². The van der Waals surface area contributed by atoms with Crippen LogP contribution in [0.1, 0.15) is 66.7 Å². The molecule has 2 saturated heterocycles. The third kappa shape index (κ3) is 4.71. The van der Waals surface area contributed by atoms with Gasteiger partial charge in [-0.3, -0.25) is 0 Å². The summed E-state index contributed by atoms with van der Waals surface area (Å²) in [6, 6.07) is 0. The van der Waals surface area contributed by atoms with E-state index in [1.165, 1.54) is 0 Å². The van der Waals surface area contributed by atoms with E-state index < -0.39 is 35.5 Å². The van der Waals surface area contributed by atoms with Crippen molar-refractivity contribution in [3.8, 4) is 0 Å². The maximum absolute atomic E-state index is 12.2. The van der Waals surface area contributed by atoms with E-state index in [1.54, 1.807) is 6.92 Å². The highest BCUT2D eigenvalue weighted by atomic mass is 16.8. The predicted molar refractivity (Wildman–Crippen MR) is 98.7 cm³/mol. The topological polar surface area (TPSA) is 83.5 Å². The molecule has 0 amide bonds. The summed E-state index contributed by atoms with van der Waals surface area (Å²) in [4.78, 5) is 12.2. The maximum atomic E-state index is 12.2. The van der Waals surface area contributed by atoms with E-state index in [0.717, 1.165) is 0 Å². The van der Waals surface area contributed by atoms with Crippen LogP contribution in [0.3, 0.4) is 0 Å². The van der Waals surface area contributed by atoms with Gasteiger partial charge in [-0.05, 0) is 32.6 Å². The predicted octanol–water partition coefficient (Wildman–Crippen LogP) is 3.05. The Labute approximate surface area is 161 Å². The number of carbonyl (C=O) groups excluding carboxylic acids is 1. The van der Waals surface area contributed by atoms with Crippen LogP contribution in [0.2, 0.25) is 0 Å². The lowest BCUT2D eigenvalue weighted by Crippen LogP contribution is -2.58. The SMILES string of the molecule is C=C(C)C(=O)O[C@H]1C[C@H](OC(O)(CC)CC)CO[C@]12COC(CC)(CC)O2. The summed E-state index contributed by atoms with van der Waals surface area (Å²) in [5.41, 5.74) is 0.294. The second-order valence-electron chi connectivity index (χ2n) is 7.43. The van der Waals surface area contributed by atoms with Crippen molar-refractivity contribution >= 4 is 5.97 Å². The minimum absolute atomic E-state index is 0.168. The Morgan fingerprint density at radius 3 is 2.33 bits per heavy atom. The molecule has 1 N–H and O–H groups in total. The Kier molecular flexibility index (Phi) is 7.08. The lowest BCUT2D eigenvalue weighted by molar-refractivity contribution is -0.343. The van der Waals surface area contributed by atoms with Gasteiger partial charge < -0.3 is 28.8 Å². The zero-order valence-electron chi connectivity index (χ0n) is 17.2. The molecule has 27 heavy (non-hydrogen) atoms. The summed E-state index contributed by atoms with van der Waals surface area (Å²) in [6.07, 6.45) is 1.41. The van der Waals surface area contributed by atoms with Gasteiger partial charge in [0.1, 0.15) is 6.61 Å². The van der Waals surface area contributed by atoms with Crippen molar-refractivity contribution in [2.75, 3.05) is 13.2 Å². The number of carbonyl (C=O) groups is 1. The number of hydrogen-bond acceptors (Lipinski definition) is 7. The number of esters is 1. The molecule has 3 atom stereocenters. The van der Waals surface area contributed by atoms with E-state index >= 15 is 0 Å². The maximum Gasteiger partial charge on any atom is 0.333 e. The zero-order chi connectivity index (χ0) is 20.3. The van der Waals surface area contributed by atoms with Gasteiger partial charge >= 0.3 is 5.97 Å². The van der Waals surface area contributed by atoms with Crippen LogP contribution in [-0.2, 0) is 28.5 Å². The van der Waals surface area contributed by atoms with Gasteiger partial charge in [-0.2, -0.15) is 0 Å². The van der Waals surface area contributed by atoms with Crippen LogP contribution >= 0.6 is 0 Å². The second-order valence-corrected chi connectivity index (χ2v) is 7.43. The molecule has 0 aliphatic carbocycles. The third-order valence-electron chi connectivity index (χ3n) is 5.54. The fourth-order valence-corrected chi connectivity index (χ4v) is 3.42. The smallest absolute Gasteiger partial charge is 0.333 e. The van der Waals surface area contributed by atoms with Crippen molar-refractivity contribution in [1.29, 1.82) is 0 Å². The zero-order valence-corrected chi connectivity index (χ0v) is 17.2. The Balaban J connectivity index is 2.21. The molecule has 0 bridgehead atoms. The fourth-order valence-electron chi connectivity index (χ4n) is 3.42. The molecule has 0 saturated carbocycles. The Bertz CT molecular complexity index is 538. The molecular formula is C20H34O7. The van der Waals surface area contributed by atoms with Crippen LogP contribution in [-0.4, -0.2) is 53.9 Å². The van der Waals surface area contributed by atoms with E-state index in [9.17, 15) is 9.90 Å². The minimum Gasteiger partial charge on any atom is -0.453 e. The van der Waals surface area contributed by atoms with Crippen LogP contribution in [0.5, 0.6) is 0 Å². The van der Waals surface area contributed by atoms with Crippen molar-refractivity contribution in [1.82, 2.24) is 0 Å². The van der Waals surface area contributed by atoms with Crippen LogP contribution in [0.4, 0.5) is 0 Å². The molecule has 0 aromatic heterocycles. The summed E-state index contributed by atoms with van der Waals surface area (Å²) in [6.45, 7) is 13.3. The van der Waals surface area contributed by atoms with Crippen LogP contribution in [0.15, 0.2) is 12.2 Å². The highest BCUT2D eigenvalue weighted by Crippen LogP contribution is 2.44. The molecule has 0 radical (unpaired) electrons. The van der Waals surface area contributed by atoms with Gasteiger partial charge in [0.2, 0.25) is 5.79 Å². The Morgan fingerprint density at radius 1 is 1.22 bits per heavy atom. The van der Waals surface area contributed by atoms with Crippen molar-refractivity contribution in [2.45, 2.75) is 96.3 Å². The van der Waals surface area contributed by atoms with Gasteiger partial charge in [0.15, 0.2) is 17.7 Å². The summed E-state index contributed by atoms with van der Waals surface area (Å²) >= 11 is 0. The average molecular weight is 386 g/mol. The molecule has 0 aromatic rings. The molecular weight excluding hydrogens is 352 g/mol. The number of rotatable bonds is 8. The van der Waals surface area contributed by atoms with E-state index in [4.69, 9.17) is 23.7 Å². The summed E-state index contributed by atoms with van der Waals surface area (Å²) < 4.78 is 29.7. The number of aliphatic hydroxyl groups is 1. The van der Waals surface area contributed by atoms with Gasteiger partial charge in [-0.1, -0.05) is 34.3 Å². The first kappa shape index (κ1) is 22.3. The molecule has 7 nitrogen and oxygen atoms in total. The second kappa shape index (κ2) is 8.57. The van der Waals surface area contributed by atoms with Crippen molar-refractivity contribution in [3.63, 3.8) is 0 Å². The first-order valence-electron chi connectivity index (χ1n) is 9.91. The summed E-state index contributed by atoms with van der Waals surface area (Å²) in [5, 5.41) is 10.5. The first-order valence-corrected chi connectivity index (χ1v) is 9.91. The molecule has 1 spiro atoms. The molecule has 156 valence electrons. The molecule has 2 aliphatic heterocycles. The first-order chi connectivity index (χ1) is 12.7. The molecule has 2 fully saturated rings. The molecule has 2 rings (SSSR count). The third-order valence-corrected chi connectivity index (χ3v) is 5.54. The van der Waals surface area contributed by atoms with Gasteiger partial charge in [0.25, 0.3) is 0 Å². The monoisotopic (exact) mass is 386 g/mol. The minimum atomic E-state index is -1.23. The largest absolute Gasteiger partial charge is 0.453 e. The Morgan fingerprint density at radius 2 is 1.85 bits per heavy atom. The standard InChI is InChI=1S/C20H34O7/c1-7-18(22,8-2)26-15-11-16(25-17(21)14(5)6)20(23-12-15)13-24-19(9-3,10-4)27-20/h15-16,22H,5,7-13H2,1-4,6H3/t15-,16-,20-/m0/s1. The Hall–Kier alpha value is -0.990. The molecule has 2 aliphatic rings. The van der Waals surface area contributed by atoms with Gasteiger partial charge in [-0.15, -0.1) is 0 Å². The normalized spacial score (nSPS) is 30.4. The van der Waals surface area contributed by atoms with Gasteiger partial charge in [-0.25, -0.2) is 4.79 Å². The number of hydrogen-bond donors (Lipinski definition) is 1. The highest BCUT2D eigenvalue weighted by Gasteiger charge is 2.59. The quantitative estimate of drug-likeness (QED) is 0.390. The highest BCUT2D eigenvalue weighted by molar-refractivity contribution is 5.87. The van der Waals surface area contributed by atoms with Crippen molar-refractivity contribution in [3.05, 3.63) is 12.2 Å². The number of ether oxygens (including phenoxy) is 5. The molecule has 7 heteroatoms. The fraction of sp³-hybridized carbons (Fsp3) is 0.850. The van der Waals surface area contributed by atoms with Gasteiger partial charge in [0, 0.05) is 12.0 Å². The molecule has 2 heterocycles. The van der Waals surface area contributed by atoms with Crippen molar-refractivity contribution < 1.29 is 33.6 Å². The van der Waals surface area contributed by atoms with Crippen LogP contribution < -0.4 is 0 Å². The van der Waals surface area contributed by atoms with Gasteiger partial charge in [0.05, 0.1) is 12.7 Å². The summed E-state index contributed by atoms with van der Waals surface area (Å²) in [7, 11) is 0. The van der Waals surface area contributed by atoms with E-state index in [0.29, 0.717) is 37.7 Å². The van der Waals surface area contributed by atoms with Crippen LogP contribution in [0.25, 0.3) is 0 Å². The van der Waals surface area contributed by atoms with Crippen molar-refractivity contribution in [2.24, 2.45) is 0 Å². The summed E-state index contributed by atoms with van der Waals surface area (Å²) in [5.74, 6) is -3.67. The van der Waals surface area contributed by atoms with E-state index in [2.05, 4.69) is 6.58 Å². The average Bonchev–Trinajstić information content (AvgIpc) is 3.05. The lowest BCUT2D eigenvalue weighted by Gasteiger charge is -2.44.